The fraction of sp³-hybridized carbons (Fsp3) is 0.118. The lowest BCUT2D eigenvalue weighted by Crippen LogP contribution is -2.02. The Morgan fingerprint density at radius 2 is 1.55 bits per heavy atom. The normalized spacial score (nSPS) is 10.7. The van der Waals surface area contributed by atoms with Crippen molar-refractivity contribution in [2.24, 2.45) is 0 Å². The van der Waals surface area contributed by atoms with Crippen LogP contribution in [0.5, 0.6) is 0 Å². The molecule has 0 bridgehead atoms. The molecule has 0 aliphatic rings. The smallest absolute Gasteiger partial charge is 0.131 e. The zero-order chi connectivity index (χ0) is 13.9. The molecule has 0 aliphatic heterocycles. The number of rotatable bonds is 3. The Kier molecular flexibility index (Phi) is 3.25. The van der Waals surface area contributed by atoms with Crippen molar-refractivity contribution < 1.29 is 0 Å². The van der Waals surface area contributed by atoms with Crippen LogP contribution in [0.2, 0.25) is 0 Å². The quantitative estimate of drug-likeness (QED) is 0.783. The van der Waals surface area contributed by atoms with Gasteiger partial charge >= 0.3 is 0 Å². The lowest BCUT2D eigenvalue weighted by atomic mass is 10.1. The summed E-state index contributed by atoms with van der Waals surface area (Å²) < 4.78 is 1.82. The van der Waals surface area contributed by atoms with E-state index >= 15 is 0 Å². The van der Waals surface area contributed by atoms with Crippen LogP contribution in [0.3, 0.4) is 0 Å². The molecule has 3 rings (SSSR count). The monoisotopic (exact) mass is 263 g/mol. The number of benzene rings is 2. The minimum absolute atomic E-state index is 0.720. The van der Waals surface area contributed by atoms with Crippen molar-refractivity contribution in [3.8, 4) is 16.9 Å². The Bertz CT molecular complexity index is 700. The number of nitrogen functional groups attached to an aromatic ring is 1. The number of hydrogen-bond acceptors (Lipinski definition) is 2. The topological polar surface area (TPSA) is 43.8 Å². The molecular weight excluding hydrogens is 246 g/mol. The lowest BCUT2D eigenvalue weighted by molar-refractivity contribution is 0.895. The predicted molar refractivity (Wildman–Crippen MR) is 82.8 cm³/mol. The molecule has 0 amide bonds. The van der Waals surface area contributed by atoms with Gasteiger partial charge in [0.15, 0.2) is 0 Å². The minimum atomic E-state index is 0.720. The number of hydrogen-bond donors (Lipinski definition) is 1. The first kappa shape index (κ1) is 12.5. The van der Waals surface area contributed by atoms with E-state index in [9.17, 15) is 0 Å². The van der Waals surface area contributed by atoms with E-state index in [-0.39, 0.29) is 0 Å². The maximum Gasteiger partial charge on any atom is 0.131 e. The first-order valence-corrected chi connectivity index (χ1v) is 6.79. The van der Waals surface area contributed by atoms with Gasteiger partial charge in [-0.15, -0.1) is 0 Å². The van der Waals surface area contributed by atoms with Crippen LogP contribution in [0.25, 0.3) is 16.9 Å². The van der Waals surface area contributed by atoms with Gasteiger partial charge in [-0.3, -0.25) is 0 Å². The Morgan fingerprint density at radius 3 is 2.15 bits per heavy atom. The van der Waals surface area contributed by atoms with E-state index in [1.54, 1.807) is 0 Å². The average molecular weight is 263 g/mol. The molecule has 0 saturated carbocycles. The zero-order valence-corrected chi connectivity index (χ0v) is 11.5. The van der Waals surface area contributed by atoms with Crippen molar-refractivity contribution >= 4 is 5.82 Å². The van der Waals surface area contributed by atoms with Gasteiger partial charge in [0.2, 0.25) is 0 Å². The van der Waals surface area contributed by atoms with Crippen molar-refractivity contribution in [1.29, 1.82) is 0 Å². The maximum absolute atomic E-state index is 6.28. The van der Waals surface area contributed by atoms with E-state index in [1.807, 2.05) is 53.2 Å². The molecule has 2 aromatic carbocycles. The van der Waals surface area contributed by atoms with Crippen LogP contribution in [0.4, 0.5) is 5.82 Å². The third kappa shape index (κ3) is 2.07. The molecule has 100 valence electrons. The number of aromatic nitrogens is 2. The summed E-state index contributed by atoms with van der Waals surface area (Å²) in [6, 6.07) is 20.2. The predicted octanol–water partition coefficient (Wildman–Crippen LogP) is 3.68. The van der Waals surface area contributed by atoms with Crippen LogP contribution in [0.1, 0.15) is 12.5 Å². The van der Waals surface area contributed by atoms with Gasteiger partial charge in [0.1, 0.15) is 5.82 Å². The Labute approximate surface area is 118 Å². The largest absolute Gasteiger partial charge is 0.383 e. The van der Waals surface area contributed by atoms with Crippen molar-refractivity contribution in [2.45, 2.75) is 13.3 Å². The summed E-state index contributed by atoms with van der Waals surface area (Å²) in [7, 11) is 0. The highest BCUT2D eigenvalue weighted by atomic mass is 15.3. The Hall–Kier alpha value is -2.55. The van der Waals surface area contributed by atoms with E-state index in [2.05, 4.69) is 19.1 Å². The highest BCUT2D eigenvalue weighted by Gasteiger charge is 2.16. The summed E-state index contributed by atoms with van der Waals surface area (Å²) in [5, 5.41) is 4.71. The average Bonchev–Trinajstić information content (AvgIpc) is 2.86. The molecule has 1 heterocycles. The van der Waals surface area contributed by atoms with Crippen molar-refractivity contribution in [3.63, 3.8) is 0 Å². The Balaban J connectivity index is 2.18. The van der Waals surface area contributed by atoms with Crippen LogP contribution in [0.15, 0.2) is 60.7 Å². The van der Waals surface area contributed by atoms with E-state index in [0.717, 1.165) is 34.7 Å². The van der Waals surface area contributed by atoms with E-state index in [1.165, 1.54) is 0 Å². The third-order valence-corrected chi connectivity index (χ3v) is 3.42. The van der Waals surface area contributed by atoms with Gasteiger partial charge in [0, 0.05) is 11.1 Å². The number of para-hydroxylation sites is 1. The summed E-state index contributed by atoms with van der Waals surface area (Å²) in [6.07, 6.45) is 0.864. The highest BCUT2D eigenvalue weighted by molar-refractivity contribution is 5.69. The third-order valence-electron chi connectivity index (χ3n) is 3.42. The zero-order valence-electron chi connectivity index (χ0n) is 11.5. The summed E-state index contributed by atoms with van der Waals surface area (Å²) in [5.41, 5.74) is 10.4. The summed E-state index contributed by atoms with van der Waals surface area (Å²) >= 11 is 0. The van der Waals surface area contributed by atoms with Gasteiger partial charge in [0.05, 0.1) is 11.4 Å². The fourth-order valence-corrected chi connectivity index (χ4v) is 2.41. The number of nitrogens with two attached hydrogens (primary N) is 1. The molecule has 0 spiro atoms. The molecule has 1 aromatic heterocycles. The molecular formula is C17H17N3. The molecule has 3 heteroatoms. The molecule has 0 saturated heterocycles. The molecule has 20 heavy (non-hydrogen) atoms. The lowest BCUT2D eigenvalue weighted by Gasteiger charge is -2.03. The van der Waals surface area contributed by atoms with Crippen LogP contribution in [-0.2, 0) is 6.42 Å². The van der Waals surface area contributed by atoms with Crippen LogP contribution >= 0.6 is 0 Å². The SMILES string of the molecule is CCc1c(-c2ccccc2)nn(-c2ccccc2)c1N. The van der Waals surface area contributed by atoms with E-state index < -0.39 is 0 Å². The molecule has 3 aromatic rings. The Morgan fingerprint density at radius 1 is 0.950 bits per heavy atom. The maximum atomic E-state index is 6.28. The van der Waals surface area contributed by atoms with Crippen molar-refractivity contribution in [1.82, 2.24) is 9.78 Å². The molecule has 3 nitrogen and oxygen atoms in total. The number of nitrogens with zero attached hydrogens (tertiary/aromatic N) is 2. The second kappa shape index (κ2) is 5.21. The molecule has 0 aliphatic carbocycles. The van der Waals surface area contributed by atoms with Crippen LogP contribution < -0.4 is 5.73 Å². The van der Waals surface area contributed by atoms with E-state index in [4.69, 9.17) is 10.8 Å². The van der Waals surface area contributed by atoms with Crippen molar-refractivity contribution in [3.05, 3.63) is 66.2 Å². The van der Waals surface area contributed by atoms with Gasteiger partial charge in [-0.25, -0.2) is 4.68 Å². The molecule has 0 radical (unpaired) electrons. The molecule has 0 fully saturated rings. The molecule has 2 N–H and O–H groups in total. The van der Waals surface area contributed by atoms with Gasteiger partial charge in [-0.2, -0.15) is 5.10 Å². The van der Waals surface area contributed by atoms with Crippen LogP contribution in [0, 0.1) is 0 Å². The minimum Gasteiger partial charge on any atom is -0.383 e. The molecule has 0 atom stereocenters. The summed E-state index contributed by atoms with van der Waals surface area (Å²) in [4.78, 5) is 0. The standard InChI is InChI=1S/C17H17N3/c1-2-15-16(13-9-5-3-6-10-13)19-20(17(15)18)14-11-7-4-8-12-14/h3-12H,2,18H2,1H3. The first-order chi connectivity index (χ1) is 9.81. The summed E-state index contributed by atoms with van der Waals surface area (Å²) in [5.74, 6) is 0.720. The van der Waals surface area contributed by atoms with Gasteiger partial charge in [-0.05, 0) is 18.6 Å². The fourth-order valence-electron chi connectivity index (χ4n) is 2.41. The van der Waals surface area contributed by atoms with Gasteiger partial charge in [0.25, 0.3) is 0 Å². The van der Waals surface area contributed by atoms with Crippen molar-refractivity contribution in [2.75, 3.05) is 5.73 Å². The summed E-state index contributed by atoms with van der Waals surface area (Å²) in [6.45, 7) is 2.11. The number of anilines is 1. The highest BCUT2D eigenvalue weighted by Crippen LogP contribution is 2.29. The van der Waals surface area contributed by atoms with E-state index in [0.29, 0.717) is 0 Å². The second-order valence-electron chi connectivity index (χ2n) is 4.68. The first-order valence-electron chi connectivity index (χ1n) is 6.79. The van der Waals surface area contributed by atoms with Gasteiger partial charge < -0.3 is 5.73 Å². The second-order valence-corrected chi connectivity index (χ2v) is 4.68. The molecule has 0 unspecified atom stereocenters. The van der Waals surface area contributed by atoms with Gasteiger partial charge in [-0.1, -0.05) is 55.5 Å². The van der Waals surface area contributed by atoms with Crippen LogP contribution in [-0.4, -0.2) is 9.78 Å².